The molecule has 2 aromatic carbocycles. The van der Waals surface area contributed by atoms with Crippen LogP contribution in [0.1, 0.15) is 13.3 Å². The van der Waals surface area contributed by atoms with Crippen LogP contribution in [-0.2, 0) is 4.79 Å². The van der Waals surface area contributed by atoms with Crippen LogP contribution in [0.25, 0.3) is 5.69 Å². The topological polar surface area (TPSA) is 56.1 Å². The van der Waals surface area contributed by atoms with Crippen LogP contribution in [0.4, 0.5) is 5.69 Å². The molecule has 0 aliphatic carbocycles. The number of carbonyl (C=O) groups is 1. The normalized spacial score (nSPS) is 10.6. The maximum Gasteiger partial charge on any atom is 0.234 e. The van der Waals surface area contributed by atoms with Crippen molar-refractivity contribution < 1.29 is 9.53 Å². The number of aromatic nitrogens is 2. The molecule has 0 atom stereocenters. The maximum absolute atomic E-state index is 12.4. The van der Waals surface area contributed by atoms with Gasteiger partial charge in [0.15, 0.2) is 5.16 Å². The lowest BCUT2D eigenvalue weighted by atomic mass is 10.3. The number of benzene rings is 2. The van der Waals surface area contributed by atoms with Gasteiger partial charge < -0.3 is 10.1 Å². The number of para-hydroxylation sites is 2. The summed E-state index contributed by atoms with van der Waals surface area (Å²) < 4.78 is 8.66. The molecule has 1 aromatic heterocycles. The number of rotatable bonds is 8. The molecule has 0 saturated heterocycles. The van der Waals surface area contributed by atoms with E-state index in [-0.39, 0.29) is 11.7 Å². The van der Waals surface area contributed by atoms with E-state index < -0.39 is 0 Å². The van der Waals surface area contributed by atoms with Gasteiger partial charge in [0.05, 0.1) is 18.0 Å². The van der Waals surface area contributed by atoms with Crippen LogP contribution in [0.3, 0.4) is 0 Å². The van der Waals surface area contributed by atoms with E-state index in [1.807, 2.05) is 66.2 Å². The molecule has 0 radical (unpaired) electrons. The van der Waals surface area contributed by atoms with Crippen molar-refractivity contribution in [2.75, 3.05) is 17.7 Å². The van der Waals surface area contributed by atoms with Gasteiger partial charge in [-0.2, -0.15) is 0 Å². The molecule has 0 unspecified atom stereocenters. The number of anilines is 1. The van der Waals surface area contributed by atoms with E-state index in [9.17, 15) is 4.79 Å². The highest BCUT2D eigenvalue weighted by molar-refractivity contribution is 9.10. The number of ether oxygens (including phenoxy) is 1. The summed E-state index contributed by atoms with van der Waals surface area (Å²) in [6.07, 6.45) is 4.53. The third kappa shape index (κ3) is 5.37. The molecule has 3 aromatic rings. The van der Waals surface area contributed by atoms with E-state index in [4.69, 9.17) is 4.74 Å². The van der Waals surface area contributed by atoms with E-state index in [0.717, 1.165) is 21.7 Å². The first-order valence-corrected chi connectivity index (χ1v) is 10.4. The van der Waals surface area contributed by atoms with Crippen LogP contribution >= 0.6 is 27.7 Å². The summed E-state index contributed by atoms with van der Waals surface area (Å²) >= 11 is 4.83. The Kier molecular flexibility index (Phi) is 6.95. The van der Waals surface area contributed by atoms with Crippen molar-refractivity contribution in [3.8, 4) is 11.4 Å². The average Bonchev–Trinajstić information content (AvgIpc) is 3.15. The van der Waals surface area contributed by atoms with Crippen LogP contribution < -0.4 is 10.1 Å². The van der Waals surface area contributed by atoms with Gasteiger partial charge in [-0.25, -0.2) is 4.98 Å². The Hall–Kier alpha value is -2.25. The smallest absolute Gasteiger partial charge is 0.234 e. The average molecular weight is 446 g/mol. The maximum atomic E-state index is 12.4. The zero-order valence-corrected chi connectivity index (χ0v) is 17.3. The van der Waals surface area contributed by atoms with Crippen molar-refractivity contribution >= 4 is 39.3 Å². The molecule has 0 saturated carbocycles. The number of nitrogens with one attached hydrogen (secondary N) is 1. The second-order valence-electron chi connectivity index (χ2n) is 5.74. The Bertz CT molecular complexity index is 896. The number of nitrogens with zero attached hydrogens (tertiary/aromatic N) is 2. The molecular formula is C20H20BrN3O2S. The van der Waals surface area contributed by atoms with Crippen LogP contribution in [-0.4, -0.2) is 27.8 Å². The summed E-state index contributed by atoms with van der Waals surface area (Å²) in [6, 6.07) is 15.4. The van der Waals surface area contributed by atoms with Crippen molar-refractivity contribution in [3.63, 3.8) is 0 Å². The molecule has 0 spiro atoms. The molecule has 3 rings (SSSR count). The third-order valence-electron chi connectivity index (χ3n) is 3.67. The second kappa shape index (κ2) is 9.62. The fourth-order valence-corrected chi connectivity index (χ4v) is 3.46. The van der Waals surface area contributed by atoms with Gasteiger partial charge in [0, 0.05) is 22.6 Å². The van der Waals surface area contributed by atoms with Gasteiger partial charge in [-0.1, -0.05) is 46.7 Å². The monoisotopic (exact) mass is 445 g/mol. The number of carbonyl (C=O) groups excluding carboxylic acids is 1. The fraction of sp³-hybridized carbons (Fsp3) is 0.200. The van der Waals surface area contributed by atoms with E-state index in [0.29, 0.717) is 18.0 Å². The van der Waals surface area contributed by atoms with Gasteiger partial charge in [0.2, 0.25) is 5.91 Å². The highest BCUT2D eigenvalue weighted by atomic mass is 79.9. The van der Waals surface area contributed by atoms with Gasteiger partial charge >= 0.3 is 0 Å². The van der Waals surface area contributed by atoms with Crippen LogP contribution in [0.2, 0.25) is 0 Å². The molecule has 1 heterocycles. The molecule has 27 heavy (non-hydrogen) atoms. The zero-order chi connectivity index (χ0) is 19.1. The molecule has 0 fully saturated rings. The van der Waals surface area contributed by atoms with Crippen LogP contribution in [0.5, 0.6) is 5.75 Å². The highest BCUT2D eigenvalue weighted by Gasteiger charge is 2.11. The molecule has 1 amide bonds. The van der Waals surface area contributed by atoms with Crippen molar-refractivity contribution in [1.29, 1.82) is 0 Å². The fourth-order valence-electron chi connectivity index (χ4n) is 2.42. The first-order chi connectivity index (χ1) is 13.2. The van der Waals surface area contributed by atoms with Gasteiger partial charge in [-0.15, -0.1) is 0 Å². The summed E-state index contributed by atoms with van der Waals surface area (Å²) in [5.74, 6) is 0.849. The van der Waals surface area contributed by atoms with Crippen LogP contribution in [0, 0.1) is 0 Å². The molecule has 5 nitrogen and oxygen atoms in total. The Balaban J connectivity index is 1.62. The summed E-state index contributed by atoms with van der Waals surface area (Å²) in [6.45, 7) is 2.66. The van der Waals surface area contributed by atoms with E-state index in [1.54, 1.807) is 6.20 Å². The highest BCUT2D eigenvalue weighted by Crippen LogP contribution is 2.25. The lowest BCUT2D eigenvalue weighted by molar-refractivity contribution is -0.113. The summed E-state index contributed by atoms with van der Waals surface area (Å²) in [5, 5.41) is 3.69. The number of hydrogen-bond donors (Lipinski definition) is 1. The Morgan fingerprint density at radius 3 is 2.78 bits per heavy atom. The van der Waals surface area contributed by atoms with Crippen LogP contribution in [0.15, 0.2) is 70.6 Å². The molecule has 140 valence electrons. The van der Waals surface area contributed by atoms with E-state index >= 15 is 0 Å². The molecule has 0 bridgehead atoms. The minimum atomic E-state index is -0.0992. The Morgan fingerprint density at radius 2 is 2.00 bits per heavy atom. The number of amides is 1. The van der Waals surface area contributed by atoms with Crippen molar-refractivity contribution in [1.82, 2.24) is 9.55 Å². The lowest BCUT2D eigenvalue weighted by Gasteiger charge is -2.12. The number of thioether (sulfide) groups is 1. The quantitative estimate of drug-likeness (QED) is 0.486. The van der Waals surface area contributed by atoms with E-state index in [2.05, 4.69) is 26.2 Å². The number of hydrogen-bond acceptors (Lipinski definition) is 4. The second-order valence-corrected chi connectivity index (χ2v) is 7.60. The lowest BCUT2D eigenvalue weighted by Crippen LogP contribution is -2.15. The summed E-state index contributed by atoms with van der Waals surface area (Å²) in [7, 11) is 0. The predicted molar refractivity (Wildman–Crippen MR) is 113 cm³/mol. The molecule has 7 heteroatoms. The van der Waals surface area contributed by atoms with Crippen molar-refractivity contribution in [2.45, 2.75) is 18.5 Å². The third-order valence-corrected chi connectivity index (χ3v) is 5.16. The minimum absolute atomic E-state index is 0.0992. The minimum Gasteiger partial charge on any atom is -0.491 e. The van der Waals surface area contributed by atoms with Gasteiger partial charge in [0.25, 0.3) is 0 Å². The predicted octanol–water partition coefficient (Wildman–Crippen LogP) is 5.15. The standard InChI is InChI=1S/C20H20BrN3O2S/c1-2-13-26-18-6-4-3-5-17(18)23-19(25)14-27-20-22-11-12-24(20)16-9-7-15(21)8-10-16/h3-12H,2,13-14H2,1H3,(H,23,25). The Morgan fingerprint density at radius 1 is 1.22 bits per heavy atom. The number of imidazole rings is 1. The molecule has 1 N–H and O–H groups in total. The van der Waals surface area contributed by atoms with Crippen molar-refractivity contribution in [3.05, 3.63) is 65.4 Å². The van der Waals surface area contributed by atoms with Gasteiger partial charge in [-0.3, -0.25) is 9.36 Å². The largest absolute Gasteiger partial charge is 0.491 e. The molecule has 0 aliphatic rings. The SMILES string of the molecule is CCCOc1ccccc1NC(=O)CSc1nccn1-c1ccc(Br)cc1. The first-order valence-electron chi connectivity index (χ1n) is 8.61. The Labute approximate surface area is 171 Å². The van der Waals surface area contributed by atoms with E-state index in [1.165, 1.54) is 11.8 Å². The number of halogens is 1. The zero-order valence-electron chi connectivity index (χ0n) is 14.9. The molecule has 0 aliphatic heterocycles. The van der Waals surface area contributed by atoms with Gasteiger partial charge in [0.1, 0.15) is 5.75 Å². The molecular weight excluding hydrogens is 426 g/mol. The van der Waals surface area contributed by atoms with Crippen molar-refractivity contribution in [2.24, 2.45) is 0 Å². The summed E-state index contributed by atoms with van der Waals surface area (Å²) in [4.78, 5) is 16.8. The first kappa shape index (κ1) is 19.5. The van der Waals surface area contributed by atoms with Gasteiger partial charge in [-0.05, 0) is 42.8 Å². The summed E-state index contributed by atoms with van der Waals surface area (Å²) in [5.41, 5.74) is 1.68.